The van der Waals surface area contributed by atoms with Gasteiger partial charge in [0.1, 0.15) is 5.82 Å². The van der Waals surface area contributed by atoms with E-state index in [0.717, 1.165) is 10.7 Å². The topological polar surface area (TPSA) is 30.0 Å². The Morgan fingerprint density at radius 3 is 2.71 bits per heavy atom. The highest BCUT2D eigenvalue weighted by molar-refractivity contribution is 7.10. The van der Waals surface area contributed by atoms with Gasteiger partial charge in [-0.1, -0.05) is 19.9 Å². The Labute approximate surface area is 103 Å². The van der Waals surface area contributed by atoms with Crippen molar-refractivity contribution >= 4 is 17.6 Å². The fraction of sp³-hybridized carbons (Fsp3) is 0.231. The first-order chi connectivity index (χ1) is 8.11. The van der Waals surface area contributed by atoms with Gasteiger partial charge in [-0.15, -0.1) is 11.3 Å². The second-order valence-electron chi connectivity index (χ2n) is 4.08. The highest BCUT2D eigenvalue weighted by Crippen LogP contribution is 2.26. The van der Waals surface area contributed by atoms with Gasteiger partial charge in [-0.2, -0.15) is 0 Å². The summed E-state index contributed by atoms with van der Waals surface area (Å²) in [5.41, 5.74) is 1.54. The van der Waals surface area contributed by atoms with Gasteiger partial charge >= 0.3 is 0 Å². The van der Waals surface area contributed by atoms with E-state index in [4.69, 9.17) is 0 Å². The van der Waals surface area contributed by atoms with Crippen molar-refractivity contribution in [1.82, 2.24) is 4.98 Å². The van der Waals surface area contributed by atoms with E-state index in [2.05, 4.69) is 18.8 Å². The van der Waals surface area contributed by atoms with Crippen LogP contribution in [0.15, 0.2) is 23.6 Å². The van der Waals surface area contributed by atoms with Crippen LogP contribution in [0.1, 0.15) is 35.1 Å². The molecule has 0 N–H and O–H groups in total. The van der Waals surface area contributed by atoms with Crippen LogP contribution in [-0.4, -0.2) is 11.3 Å². The van der Waals surface area contributed by atoms with Crippen molar-refractivity contribution in [2.45, 2.75) is 19.8 Å². The lowest BCUT2D eigenvalue weighted by Crippen LogP contribution is -1.89. The molecule has 1 heterocycles. The van der Waals surface area contributed by atoms with Gasteiger partial charge in [-0.05, 0) is 12.1 Å². The van der Waals surface area contributed by atoms with Crippen molar-refractivity contribution in [2.24, 2.45) is 0 Å². The number of rotatable bonds is 3. The number of carbonyl (C=O) groups is 1. The van der Waals surface area contributed by atoms with E-state index in [1.165, 1.54) is 12.1 Å². The molecule has 0 aliphatic rings. The van der Waals surface area contributed by atoms with Gasteiger partial charge in [0.05, 0.1) is 16.3 Å². The van der Waals surface area contributed by atoms with Crippen LogP contribution in [0.2, 0.25) is 0 Å². The van der Waals surface area contributed by atoms with Crippen molar-refractivity contribution < 1.29 is 9.18 Å². The maximum atomic E-state index is 13.4. The molecule has 0 unspecified atom stereocenters. The van der Waals surface area contributed by atoms with Crippen LogP contribution in [0.5, 0.6) is 0 Å². The average molecular weight is 249 g/mol. The minimum absolute atomic E-state index is 0.0769. The second kappa shape index (κ2) is 4.75. The summed E-state index contributed by atoms with van der Waals surface area (Å²) in [6.07, 6.45) is 0.514. The minimum Gasteiger partial charge on any atom is -0.298 e. The molecular formula is C13H12FNOS. The van der Waals surface area contributed by atoms with Crippen LogP contribution in [0.4, 0.5) is 4.39 Å². The Morgan fingerprint density at radius 1 is 1.41 bits per heavy atom. The zero-order chi connectivity index (χ0) is 12.4. The zero-order valence-electron chi connectivity index (χ0n) is 9.61. The number of hydrogen-bond donors (Lipinski definition) is 0. The summed E-state index contributed by atoms with van der Waals surface area (Å²) in [5.74, 6) is -0.135. The molecule has 0 atom stereocenters. The molecule has 17 heavy (non-hydrogen) atoms. The molecular weight excluding hydrogens is 237 g/mol. The molecule has 0 amide bonds. The fourth-order valence-electron chi connectivity index (χ4n) is 1.47. The number of aldehydes is 1. The molecule has 1 aromatic carbocycles. The molecule has 0 fully saturated rings. The van der Waals surface area contributed by atoms with Crippen LogP contribution in [0.3, 0.4) is 0 Å². The first-order valence-corrected chi connectivity index (χ1v) is 6.20. The highest BCUT2D eigenvalue weighted by atomic mass is 32.1. The van der Waals surface area contributed by atoms with Crippen molar-refractivity contribution in [2.75, 3.05) is 0 Å². The first kappa shape index (κ1) is 11.9. The number of thiazole rings is 1. The van der Waals surface area contributed by atoms with Gasteiger partial charge in [-0.3, -0.25) is 4.79 Å². The van der Waals surface area contributed by atoms with Gasteiger partial charge in [0.15, 0.2) is 6.29 Å². The van der Waals surface area contributed by atoms with Crippen LogP contribution in [-0.2, 0) is 0 Å². The standard InChI is InChI=1S/C13H12FNOS/c1-8(2)13-15-12(7-17-13)9-3-4-10(6-16)11(14)5-9/h3-8H,1-2H3. The van der Waals surface area contributed by atoms with Gasteiger partial charge in [0, 0.05) is 16.9 Å². The summed E-state index contributed by atoms with van der Waals surface area (Å²) in [4.78, 5) is 15.0. The van der Waals surface area contributed by atoms with Crippen molar-refractivity contribution in [3.05, 3.63) is 40.0 Å². The van der Waals surface area contributed by atoms with Crippen LogP contribution in [0.25, 0.3) is 11.3 Å². The molecule has 0 aliphatic carbocycles. The molecule has 88 valence electrons. The molecule has 0 radical (unpaired) electrons. The molecule has 0 aliphatic heterocycles. The SMILES string of the molecule is CC(C)c1nc(-c2ccc(C=O)c(F)c2)cs1. The Kier molecular flexibility index (Phi) is 3.33. The number of nitrogens with zero attached hydrogens (tertiary/aromatic N) is 1. The lowest BCUT2D eigenvalue weighted by molar-refractivity contribution is 0.112. The van der Waals surface area contributed by atoms with Gasteiger partial charge in [0.2, 0.25) is 0 Å². The summed E-state index contributed by atoms with van der Waals surface area (Å²) in [7, 11) is 0. The molecule has 2 rings (SSSR count). The van der Waals surface area contributed by atoms with E-state index in [0.29, 0.717) is 17.8 Å². The van der Waals surface area contributed by atoms with Crippen molar-refractivity contribution in [1.29, 1.82) is 0 Å². The highest BCUT2D eigenvalue weighted by Gasteiger charge is 2.09. The molecule has 4 heteroatoms. The Hall–Kier alpha value is -1.55. The average Bonchev–Trinajstić information content (AvgIpc) is 2.78. The number of aromatic nitrogens is 1. The number of benzene rings is 1. The molecule has 0 saturated carbocycles. The molecule has 0 bridgehead atoms. The van der Waals surface area contributed by atoms with Crippen LogP contribution in [0, 0.1) is 5.82 Å². The lowest BCUT2D eigenvalue weighted by atomic mass is 10.1. The molecule has 2 aromatic rings. The minimum atomic E-state index is -0.503. The fourth-order valence-corrected chi connectivity index (χ4v) is 2.31. The summed E-state index contributed by atoms with van der Waals surface area (Å²) in [5, 5.41) is 2.94. The third kappa shape index (κ3) is 2.42. The van der Waals surface area contributed by atoms with E-state index in [1.54, 1.807) is 17.4 Å². The molecule has 2 nitrogen and oxygen atoms in total. The number of halogens is 1. The lowest BCUT2D eigenvalue weighted by Gasteiger charge is -2.00. The van der Waals surface area contributed by atoms with Gasteiger partial charge in [-0.25, -0.2) is 9.37 Å². The molecule has 1 aromatic heterocycles. The van der Waals surface area contributed by atoms with Crippen molar-refractivity contribution in [3.63, 3.8) is 0 Å². The molecule has 0 saturated heterocycles. The van der Waals surface area contributed by atoms with Gasteiger partial charge in [0.25, 0.3) is 0 Å². The number of carbonyl (C=O) groups excluding carboxylic acids is 1. The number of hydrogen-bond acceptors (Lipinski definition) is 3. The quantitative estimate of drug-likeness (QED) is 0.772. The van der Waals surface area contributed by atoms with Crippen molar-refractivity contribution in [3.8, 4) is 11.3 Å². The predicted octanol–water partition coefficient (Wildman–Crippen LogP) is 3.89. The Morgan fingerprint density at radius 2 is 2.18 bits per heavy atom. The largest absolute Gasteiger partial charge is 0.298 e. The second-order valence-corrected chi connectivity index (χ2v) is 4.97. The maximum Gasteiger partial charge on any atom is 0.152 e. The van der Waals surface area contributed by atoms with E-state index >= 15 is 0 Å². The monoisotopic (exact) mass is 249 g/mol. The third-order valence-corrected chi connectivity index (χ3v) is 3.58. The predicted molar refractivity (Wildman–Crippen MR) is 67.0 cm³/mol. The summed E-state index contributed by atoms with van der Waals surface area (Å²) in [6, 6.07) is 4.54. The van der Waals surface area contributed by atoms with Crippen LogP contribution < -0.4 is 0 Å². The summed E-state index contributed by atoms with van der Waals surface area (Å²) < 4.78 is 13.4. The zero-order valence-corrected chi connectivity index (χ0v) is 10.4. The Balaban J connectivity index is 2.39. The van der Waals surface area contributed by atoms with E-state index in [1.807, 2.05) is 5.38 Å². The first-order valence-electron chi connectivity index (χ1n) is 5.32. The third-order valence-electron chi connectivity index (χ3n) is 2.44. The summed E-state index contributed by atoms with van der Waals surface area (Å²) >= 11 is 1.57. The maximum absolute atomic E-state index is 13.4. The van der Waals surface area contributed by atoms with Crippen LogP contribution >= 0.6 is 11.3 Å². The smallest absolute Gasteiger partial charge is 0.152 e. The van der Waals surface area contributed by atoms with E-state index < -0.39 is 5.82 Å². The Bertz CT molecular complexity index is 548. The normalized spacial score (nSPS) is 10.8. The van der Waals surface area contributed by atoms with Gasteiger partial charge < -0.3 is 0 Å². The van der Waals surface area contributed by atoms with E-state index in [-0.39, 0.29) is 5.56 Å². The molecule has 0 spiro atoms. The van der Waals surface area contributed by atoms with E-state index in [9.17, 15) is 9.18 Å². The summed E-state index contributed by atoms with van der Waals surface area (Å²) in [6.45, 7) is 4.14.